The van der Waals surface area contributed by atoms with Gasteiger partial charge in [-0.25, -0.2) is 0 Å². The molecule has 0 rings (SSSR count). The fraction of sp³-hybridized carbons (Fsp3) is 0.853. The molecule has 0 bridgehead atoms. The molecule has 0 radical (unpaired) electrons. The van der Waals surface area contributed by atoms with Crippen LogP contribution in [-0.4, -0.2) is 37.2 Å². The largest absolute Gasteiger partial charge is 0.462 e. The van der Waals surface area contributed by atoms with E-state index < -0.39 is 6.10 Å². The van der Waals surface area contributed by atoms with Gasteiger partial charge in [0.2, 0.25) is 0 Å². The van der Waals surface area contributed by atoms with E-state index in [1.165, 1.54) is 270 Å². The van der Waals surface area contributed by atoms with Crippen molar-refractivity contribution in [2.24, 2.45) is 0 Å². The summed E-state index contributed by atoms with van der Waals surface area (Å²) in [7, 11) is 0. The van der Waals surface area contributed by atoms with Gasteiger partial charge in [-0.1, -0.05) is 326 Å². The smallest absolute Gasteiger partial charge is 0.306 e. The number of hydrogen-bond donors (Lipinski definition) is 0. The zero-order valence-corrected chi connectivity index (χ0v) is 54.6. The van der Waals surface area contributed by atoms with Crippen molar-refractivity contribution in [2.45, 2.75) is 399 Å². The number of carbonyl (C=O) groups excluding carboxylic acids is 3. The Morgan fingerprint density at radius 3 is 0.741 bits per heavy atom. The maximum absolute atomic E-state index is 12.9. The number of rotatable bonds is 67. The molecule has 0 aromatic heterocycles. The average Bonchev–Trinajstić information content (AvgIpc) is 3.46. The molecule has 0 aliphatic heterocycles. The number of esters is 3. The first-order valence-electron chi connectivity index (χ1n) is 36.1. The van der Waals surface area contributed by atoms with Gasteiger partial charge in [0.05, 0.1) is 0 Å². The van der Waals surface area contributed by atoms with Crippen molar-refractivity contribution in [3.8, 4) is 0 Å². The zero-order chi connectivity index (χ0) is 58.5. The van der Waals surface area contributed by atoms with Gasteiger partial charge in [-0.3, -0.25) is 14.4 Å². The zero-order valence-electron chi connectivity index (χ0n) is 54.6. The molecule has 6 heteroatoms. The number of unbranched alkanes of at least 4 members (excludes halogenated alkanes) is 48. The molecule has 474 valence electrons. The Labute approximate surface area is 505 Å². The van der Waals surface area contributed by atoms with E-state index in [1.54, 1.807) is 0 Å². The molecular formula is C75H138O6. The van der Waals surface area contributed by atoms with E-state index >= 15 is 0 Å². The lowest BCUT2D eigenvalue weighted by molar-refractivity contribution is -0.167. The standard InChI is InChI=1S/C75H138O6/c1-4-7-10-13-16-19-22-25-27-29-30-31-32-33-34-35-36-37-38-39-40-41-42-43-44-46-47-50-53-56-59-62-65-68-74(77)80-71-72(70-79-73(76)67-64-61-58-55-52-49-24-21-18-15-12-9-6-3)81-75(78)69-66-63-60-57-54-51-48-45-28-26-23-20-17-14-11-8-5-2/h12,15,21,24,26,28-30,72H,4-11,13-14,16-20,22-23,25,27,31-71H2,1-3H3/b15-12-,24-21-,28-26-,30-29-. The molecule has 0 fully saturated rings. The van der Waals surface area contributed by atoms with Gasteiger partial charge >= 0.3 is 17.9 Å². The summed E-state index contributed by atoms with van der Waals surface area (Å²) < 4.78 is 17.0. The summed E-state index contributed by atoms with van der Waals surface area (Å²) in [6.45, 7) is 6.62. The molecule has 0 aromatic carbocycles. The predicted octanol–water partition coefficient (Wildman–Crippen LogP) is 24.9. The normalized spacial score (nSPS) is 12.3. The van der Waals surface area contributed by atoms with Crippen LogP contribution >= 0.6 is 0 Å². The molecule has 0 aromatic rings. The molecule has 0 amide bonds. The van der Waals surface area contributed by atoms with Gasteiger partial charge in [0.1, 0.15) is 13.2 Å². The monoisotopic (exact) mass is 1140 g/mol. The minimum absolute atomic E-state index is 0.0755. The van der Waals surface area contributed by atoms with Crippen LogP contribution in [0, 0.1) is 0 Å². The molecule has 81 heavy (non-hydrogen) atoms. The Kier molecular flexibility index (Phi) is 67.6. The highest BCUT2D eigenvalue weighted by Gasteiger charge is 2.19. The second kappa shape index (κ2) is 69.9. The van der Waals surface area contributed by atoms with Gasteiger partial charge in [-0.15, -0.1) is 0 Å². The van der Waals surface area contributed by atoms with Crippen LogP contribution in [0.5, 0.6) is 0 Å². The van der Waals surface area contributed by atoms with Crippen LogP contribution in [0.15, 0.2) is 48.6 Å². The first-order chi connectivity index (χ1) is 40.0. The van der Waals surface area contributed by atoms with E-state index in [2.05, 4.69) is 69.4 Å². The number of allylic oxidation sites excluding steroid dienone is 8. The van der Waals surface area contributed by atoms with Gasteiger partial charge in [0, 0.05) is 19.3 Å². The lowest BCUT2D eigenvalue weighted by Crippen LogP contribution is -2.30. The minimum Gasteiger partial charge on any atom is -0.462 e. The van der Waals surface area contributed by atoms with Crippen LogP contribution in [0.4, 0.5) is 0 Å². The summed E-state index contributed by atoms with van der Waals surface area (Å²) in [5, 5.41) is 0. The Balaban J connectivity index is 4.11. The van der Waals surface area contributed by atoms with Crippen molar-refractivity contribution in [3.05, 3.63) is 48.6 Å². The van der Waals surface area contributed by atoms with Crippen molar-refractivity contribution >= 4 is 17.9 Å². The third-order valence-corrected chi connectivity index (χ3v) is 16.3. The minimum atomic E-state index is -0.780. The Hall–Kier alpha value is -2.63. The van der Waals surface area contributed by atoms with E-state index in [4.69, 9.17) is 14.2 Å². The fourth-order valence-electron chi connectivity index (χ4n) is 10.8. The summed E-state index contributed by atoms with van der Waals surface area (Å²) in [6.07, 6.45) is 88.8. The van der Waals surface area contributed by atoms with Crippen LogP contribution in [-0.2, 0) is 28.6 Å². The quantitative estimate of drug-likeness (QED) is 0.0261. The molecule has 0 spiro atoms. The van der Waals surface area contributed by atoms with Gasteiger partial charge in [0.15, 0.2) is 6.10 Å². The second-order valence-corrected chi connectivity index (χ2v) is 24.5. The molecule has 6 nitrogen and oxygen atoms in total. The van der Waals surface area contributed by atoms with E-state index in [-0.39, 0.29) is 31.1 Å². The molecule has 0 heterocycles. The SMILES string of the molecule is CCC/C=C\C/C=C\CCCCCCCC(=O)OCC(COC(=O)CCCCCCCCCCCCCCCCCCCCCCC/C=C\CCCCCCCCCC)OC(=O)CCCCCCCCC/C=C\CCCCCCCC. The first kappa shape index (κ1) is 78.4. The van der Waals surface area contributed by atoms with E-state index in [9.17, 15) is 14.4 Å². The summed E-state index contributed by atoms with van der Waals surface area (Å²) in [4.78, 5) is 38.4. The predicted molar refractivity (Wildman–Crippen MR) is 353 cm³/mol. The van der Waals surface area contributed by atoms with Gasteiger partial charge in [-0.2, -0.15) is 0 Å². The van der Waals surface area contributed by atoms with Crippen LogP contribution in [0.25, 0.3) is 0 Å². The van der Waals surface area contributed by atoms with Crippen molar-refractivity contribution < 1.29 is 28.6 Å². The molecule has 0 N–H and O–H groups in total. The van der Waals surface area contributed by atoms with Crippen molar-refractivity contribution in [1.29, 1.82) is 0 Å². The summed E-state index contributed by atoms with van der Waals surface area (Å²) in [5.74, 6) is -0.871. The van der Waals surface area contributed by atoms with Gasteiger partial charge in [0.25, 0.3) is 0 Å². The summed E-state index contributed by atoms with van der Waals surface area (Å²) in [5.41, 5.74) is 0. The van der Waals surface area contributed by atoms with Crippen molar-refractivity contribution in [2.75, 3.05) is 13.2 Å². The highest BCUT2D eigenvalue weighted by atomic mass is 16.6. The number of carbonyl (C=O) groups is 3. The van der Waals surface area contributed by atoms with Crippen LogP contribution < -0.4 is 0 Å². The average molecular weight is 1140 g/mol. The van der Waals surface area contributed by atoms with Crippen LogP contribution in [0.3, 0.4) is 0 Å². The molecule has 0 aliphatic carbocycles. The van der Waals surface area contributed by atoms with Gasteiger partial charge in [-0.05, 0) is 96.3 Å². The van der Waals surface area contributed by atoms with Crippen molar-refractivity contribution in [1.82, 2.24) is 0 Å². The summed E-state index contributed by atoms with van der Waals surface area (Å²) in [6, 6.07) is 0. The Morgan fingerprint density at radius 1 is 0.247 bits per heavy atom. The molecule has 0 saturated carbocycles. The topological polar surface area (TPSA) is 78.9 Å². The number of hydrogen-bond acceptors (Lipinski definition) is 6. The first-order valence-corrected chi connectivity index (χ1v) is 36.1. The Bertz CT molecular complexity index is 1400. The molecule has 1 unspecified atom stereocenters. The van der Waals surface area contributed by atoms with E-state index in [0.29, 0.717) is 19.3 Å². The fourth-order valence-corrected chi connectivity index (χ4v) is 10.8. The highest BCUT2D eigenvalue weighted by molar-refractivity contribution is 5.71. The maximum Gasteiger partial charge on any atom is 0.306 e. The number of ether oxygens (including phenoxy) is 3. The van der Waals surface area contributed by atoms with Crippen LogP contribution in [0.2, 0.25) is 0 Å². The molecular weight excluding hydrogens is 997 g/mol. The van der Waals surface area contributed by atoms with E-state index in [0.717, 1.165) is 83.5 Å². The molecule has 1 atom stereocenters. The van der Waals surface area contributed by atoms with Crippen LogP contribution in [0.1, 0.15) is 393 Å². The van der Waals surface area contributed by atoms with E-state index in [1.807, 2.05) is 0 Å². The third kappa shape index (κ3) is 68.0. The third-order valence-electron chi connectivity index (χ3n) is 16.3. The van der Waals surface area contributed by atoms with Crippen molar-refractivity contribution in [3.63, 3.8) is 0 Å². The molecule has 0 saturated heterocycles. The molecule has 0 aliphatic rings. The maximum atomic E-state index is 12.9. The second-order valence-electron chi connectivity index (χ2n) is 24.5. The lowest BCUT2D eigenvalue weighted by atomic mass is 10.0. The Morgan fingerprint density at radius 2 is 0.469 bits per heavy atom. The lowest BCUT2D eigenvalue weighted by Gasteiger charge is -2.18. The highest BCUT2D eigenvalue weighted by Crippen LogP contribution is 2.18. The summed E-state index contributed by atoms with van der Waals surface area (Å²) >= 11 is 0. The van der Waals surface area contributed by atoms with Gasteiger partial charge < -0.3 is 14.2 Å².